The molecule has 0 atom stereocenters. The zero-order valence-corrected chi connectivity index (χ0v) is 13.1. The molecule has 2 nitrogen and oxygen atoms in total. The van der Waals surface area contributed by atoms with E-state index in [1.54, 1.807) is 6.07 Å². The lowest BCUT2D eigenvalue weighted by molar-refractivity contribution is 0.478. The lowest BCUT2D eigenvalue weighted by atomic mass is 9.87. The molecule has 20 heavy (non-hydrogen) atoms. The maximum atomic E-state index is 6.03. The molecule has 2 rings (SSSR count). The summed E-state index contributed by atoms with van der Waals surface area (Å²) in [5.74, 6) is 1.52. The monoisotopic (exact) mass is 289 g/mol. The Labute approximate surface area is 125 Å². The molecule has 0 saturated carbocycles. The Morgan fingerprint density at radius 2 is 1.65 bits per heavy atom. The van der Waals surface area contributed by atoms with Gasteiger partial charge in [0, 0.05) is 6.07 Å². The van der Waals surface area contributed by atoms with Crippen molar-refractivity contribution in [3.8, 4) is 11.5 Å². The summed E-state index contributed by atoms with van der Waals surface area (Å²) in [6.45, 7) is 8.51. The van der Waals surface area contributed by atoms with Gasteiger partial charge in [-0.3, -0.25) is 0 Å². The van der Waals surface area contributed by atoms with Crippen LogP contribution in [0, 0.1) is 6.92 Å². The highest BCUT2D eigenvalue weighted by Crippen LogP contribution is 2.32. The molecule has 0 aliphatic carbocycles. The second-order valence-electron chi connectivity index (χ2n) is 6.02. The van der Waals surface area contributed by atoms with E-state index in [0.717, 1.165) is 17.1 Å². The van der Waals surface area contributed by atoms with Crippen LogP contribution >= 0.6 is 11.6 Å². The van der Waals surface area contributed by atoms with Crippen molar-refractivity contribution in [2.45, 2.75) is 33.1 Å². The maximum Gasteiger partial charge on any atom is 0.131 e. The van der Waals surface area contributed by atoms with Gasteiger partial charge in [0.2, 0.25) is 0 Å². The highest BCUT2D eigenvalue weighted by Gasteiger charge is 2.13. The zero-order valence-electron chi connectivity index (χ0n) is 12.3. The van der Waals surface area contributed by atoms with E-state index in [4.69, 9.17) is 22.1 Å². The first-order valence-electron chi connectivity index (χ1n) is 6.61. The van der Waals surface area contributed by atoms with Crippen molar-refractivity contribution in [2.24, 2.45) is 0 Å². The average Bonchev–Trinajstić information content (AvgIpc) is 2.35. The van der Waals surface area contributed by atoms with Crippen LogP contribution in [0.4, 0.5) is 5.69 Å². The van der Waals surface area contributed by atoms with Gasteiger partial charge in [0.25, 0.3) is 0 Å². The molecular weight excluding hydrogens is 270 g/mol. The highest BCUT2D eigenvalue weighted by molar-refractivity contribution is 6.33. The Hall–Kier alpha value is -1.67. The van der Waals surface area contributed by atoms with Gasteiger partial charge < -0.3 is 10.5 Å². The van der Waals surface area contributed by atoms with Gasteiger partial charge in [-0.2, -0.15) is 0 Å². The van der Waals surface area contributed by atoms with E-state index < -0.39 is 0 Å². The fraction of sp³-hybridized carbons (Fsp3) is 0.294. The minimum atomic E-state index is 0.138. The zero-order chi connectivity index (χ0) is 14.9. The molecule has 2 N–H and O–H groups in total. The second-order valence-corrected chi connectivity index (χ2v) is 6.42. The summed E-state index contributed by atoms with van der Waals surface area (Å²) in [6, 6.07) is 11.7. The van der Waals surface area contributed by atoms with Gasteiger partial charge in [-0.15, -0.1) is 0 Å². The molecule has 2 aromatic rings. The summed E-state index contributed by atoms with van der Waals surface area (Å²) in [4.78, 5) is 0. The number of ether oxygens (including phenoxy) is 1. The number of nitrogens with two attached hydrogens (primary N) is 1. The minimum Gasteiger partial charge on any atom is -0.457 e. The molecule has 0 fully saturated rings. The van der Waals surface area contributed by atoms with Crippen LogP contribution in [-0.2, 0) is 5.41 Å². The van der Waals surface area contributed by atoms with E-state index in [9.17, 15) is 0 Å². The van der Waals surface area contributed by atoms with Gasteiger partial charge in [-0.1, -0.05) is 44.5 Å². The molecule has 0 saturated heterocycles. The molecule has 0 bridgehead atoms. The van der Waals surface area contributed by atoms with Crippen LogP contribution < -0.4 is 10.5 Å². The van der Waals surface area contributed by atoms with Crippen molar-refractivity contribution in [1.82, 2.24) is 0 Å². The Bertz CT molecular complexity index is 612. The number of nitrogen functional groups attached to an aromatic ring is 1. The smallest absolute Gasteiger partial charge is 0.131 e. The minimum absolute atomic E-state index is 0.138. The lowest BCUT2D eigenvalue weighted by Gasteiger charge is -2.19. The fourth-order valence-electron chi connectivity index (χ4n) is 1.95. The van der Waals surface area contributed by atoms with E-state index in [1.807, 2.05) is 25.1 Å². The van der Waals surface area contributed by atoms with Crippen molar-refractivity contribution in [3.05, 3.63) is 52.5 Å². The number of hydrogen-bond acceptors (Lipinski definition) is 2. The normalized spacial score (nSPS) is 11.4. The highest BCUT2D eigenvalue weighted by atomic mass is 35.5. The van der Waals surface area contributed by atoms with Gasteiger partial charge in [0.1, 0.15) is 11.5 Å². The molecule has 0 spiro atoms. The van der Waals surface area contributed by atoms with Crippen LogP contribution in [-0.4, -0.2) is 0 Å². The summed E-state index contributed by atoms with van der Waals surface area (Å²) < 4.78 is 5.87. The molecule has 2 aromatic carbocycles. The number of rotatable bonds is 2. The van der Waals surface area contributed by atoms with E-state index >= 15 is 0 Å². The molecule has 0 aliphatic heterocycles. The first-order valence-corrected chi connectivity index (χ1v) is 6.99. The molecule has 0 aliphatic rings. The van der Waals surface area contributed by atoms with Crippen LogP contribution in [0.5, 0.6) is 11.5 Å². The summed E-state index contributed by atoms with van der Waals surface area (Å²) in [7, 11) is 0. The Morgan fingerprint density at radius 3 is 2.20 bits per heavy atom. The molecule has 0 aromatic heterocycles. The Kier molecular flexibility index (Phi) is 3.96. The number of anilines is 1. The quantitative estimate of drug-likeness (QED) is 0.759. The molecule has 3 heteroatoms. The second kappa shape index (κ2) is 5.37. The van der Waals surface area contributed by atoms with E-state index in [-0.39, 0.29) is 5.41 Å². The summed E-state index contributed by atoms with van der Waals surface area (Å²) in [5, 5.41) is 0.511. The van der Waals surface area contributed by atoms with Crippen LogP contribution in [0.2, 0.25) is 5.02 Å². The standard InChI is InChI=1S/C17H20ClNO/c1-11-9-15(19)14(18)10-16(11)20-13-7-5-12(6-8-13)17(2,3)4/h5-10H,19H2,1-4H3. The van der Waals surface area contributed by atoms with Gasteiger partial charge >= 0.3 is 0 Å². The number of halogens is 1. The first-order chi connectivity index (χ1) is 9.27. The van der Waals surface area contributed by atoms with Crippen molar-refractivity contribution >= 4 is 17.3 Å². The van der Waals surface area contributed by atoms with E-state index in [0.29, 0.717) is 10.7 Å². The molecule has 0 amide bonds. The van der Waals surface area contributed by atoms with E-state index in [1.165, 1.54) is 5.56 Å². The third-order valence-corrected chi connectivity index (χ3v) is 3.57. The Balaban J connectivity index is 2.25. The number of aryl methyl sites for hydroxylation is 1. The SMILES string of the molecule is Cc1cc(N)c(Cl)cc1Oc1ccc(C(C)(C)C)cc1. The average molecular weight is 290 g/mol. The third-order valence-electron chi connectivity index (χ3n) is 3.24. The predicted octanol–water partition coefficient (Wildman–Crippen LogP) is 5.32. The van der Waals surface area contributed by atoms with Gasteiger partial charge in [-0.05, 0) is 41.7 Å². The van der Waals surface area contributed by atoms with Crippen LogP contribution in [0.3, 0.4) is 0 Å². The van der Waals surface area contributed by atoms with Gasteiger partial charge in [0.05, 0.1) is 10.7 Å². The van der Waals surface area contributed by atoms with Crippen LogP contribution in [0.15, 0.2) is 36.4 Å². The number of hydrogen-bond donors (Lipinski definition) is 1. The number of benzene rings is 2. The summed E-state index contributed by atoms with van der Waals surface area (Å²) >= 11 is 6.03. The first kappa shape index (κ1) is 14.7. The molecule has 0 unspecified atom stereocenters. The lowest BCUT2D eigenvalue weighted by Crippen LogP contribution is -2.10. The van der Waals surface area contributed by atoms with Crippen molar-refractivity contribution in [3.63, 3.8) is 0 Å². The van der Waals surface area contributed by atoms with E-state index in [2.05, 4.69) is 32.9 Å². The van der Waals surface area contributed by atoms with Crippen molar-refractivity contribution < 1.29 is 4.74 Å². The Morgan fingerprint density at radius 1 is 1.05 bits per heavy atom. The third kappa shape index (κ3) is 3.26. The predicted molar refractivity (Wildman–Crippen MR) is 85.8 cm³/mol. The van der Waals surface area contributed by atoms with Crippen LogP contribution in [0.1, 0.15) is 31.9 Å². The van der Waals surface area contributed by atoms with Gasteiger partial charge in [0.15, 0.2) is 0 Å². The molecule has 0 heterocycles. The fourth-order valence-corrected chi connectivity index (χ4v) is 2.10. The topological polar surface area (TPSA) is 35.2 Å². The van der Waals surface area contributed by atoms with Gasteiger partial charge in [-0.25, -0.2) is 0 Å². The van der Waals surface area contributed by atoms with Crippen molar-refractivity contribution in [1.29, 1.82) is 0 Å². The molecule has 106 valence electrons. The molecule has 0 radical (unpaired) electrons. The van der Waals surface area contributed by atoms with Crippen molar-refractivity contribution in [2.75, 3.05) is 5.73 Å². The van der Waals surface area contributed by atoms with Crippen LogP contribution in [0.25, 0.3) is 0 Å². The summed E-state index contributed by atoms with van der Waals surface area (Å²) in [5.41, 5.74) is 8.71. The maximum absolute atomic E-state index is 6.03. The largest absolute Gasteiger partial charge is 0.457 e. The molecular formula is C17H20ClNO. The summed E-state index contributed by atoms with van der Waals surface area (Å²) in [6.07, 6.45) is 0.